The highest BCUT2D eigenvalue weighted by molar-refractivity contribution is 6.34. The van der Waals surface area contributed by atoms with Gasteiger partial charge < -0.3 is 16.0 Å². The van der Waals surface area contributed by atoms with Crippen molar-refractivity contribution in [2.45, 2.75) is 39.2 Å². The number of nitrogens with one attached hydrogen (secondary N) is 3. The molecule has 0 atom stereocenters. The van der Waals surface area contributed by atoms with Crippen molar-refractivity contribution in [1.82, 2.24) is 5.32 Å². The summed E-state index contributed by atoms with van der Waals surface area (Å²) >= 11 is 6.12. The van der Waals surface area contributed by atoms with Gasteiger partial charge in [-0.15, -0.1) is 0 Å². The summed E-state index contributed by atoms with van der Waals surface area (Å²) in [5, 5.41) is 9.19. The summed E-state index contributed by atoms with van der Waals surface area (Å²) in [6.45, 7) is 6.74. The van der Waals surface area contributed by atoms with Gasteiger partial charge >= 0.3 is 0 Å². The monoisotopic (exact) mass is 309 g/mol. The van der Waals surface area contributed by atoms with E-state index in [2.05, 4.69) is 16.0 Å². The summed E-state index contributed by atoms with van der Waals surface area (Å²) in [6, 6.07) is 3.43. The molecule has 0 bridgehead atoms. The molecule has 0 saturated carbocycles. The molecule has 0 unspecified atom stereocenters. The minimum atomic E-state index is -0.106. The zero-order valence-electron chi connectivity index (χ0n) is 12.5. The summed E-state index contributed by atoms with van der Waals surface area (Å²) in [4.78, 5) is 23.3. The van der Waals surface area contributed by atoms with Crippen LogP contribution in [0.4, 0.5) is 11.4 Å². The van der Waals surface area contributed by atoms with E-state index in [1.165, 1.54) is 0 Å². The van der Waals surface area contributed by atoms with Crippen molar-refractivity contribution in [2.75, 3.05) is 17.2 Å². The smallest absolute Gasteiger partial charge is 0.228 e. The first kappa shape index (κ1) is 15.8. The van der Waals surface area contributed by atoms with Crippen LogP contribution < -0.4 is 16.0 Å². The highest BCUT2D eigenvalue weighted by Crippen LogP contribution is 2.32. The molecule has 0 radical (unpaired) electrons. The van der Waals surface area contributed by atoms with E-state index >= 15 is 0 Å². The lowest BCUT2D eigenvalue weighted by Crippen LogP contribution is -2.37. The van der Waals surface area contributed by atoms with Gasteiger partial charge in [0.05, 0.1) is 17.1 Å². The average molecular weight is 310 g/mol. The molecule has 1 aliphatic rings. The number of carbonyl (C=O) groups excluding carboxylic acids is 2. The van der Waals surface area contributed by atoms with Crippen LogP contribution in [-0.2, 0) is 16.0 Å². The fourth-order valence-corrected chi connectivity index (χ4v) is 2.32. The fourth-order valence-electron chi connectivity index (χ4n) is 2.11. The van der Waals surface area contributed by atoms with Crippen LogP contribution in [-0.4, -0.2) is 23.9 Å². The molecule has 21 heavy (non-hydrogen) atoms. The molecule has 0 aromatic heterocycles. The third-order valence-corrected chi connectivity index (χ3v) is 3.41. The third kappa shape index (κ3) is 4.44. The van der Waals surface area contributed by atoms with Crippen molar-refractivity contribution in [3.8, 4) is 0 Å². The van der Waals surface area contributed by atoms with E-state index in [-0.39, 0.29) is 17.4 Å². The molecule has 6 heteroatoms. The lowest BCUT2D eigenvalue weighted by Gasteiger charge is -2.20. The number of anilines is 2. The van der Waals surface area contributed by atoms with Crippen LogP contribution in [0.15, 0.2) is 12.1 Å². The third-order valence-electron chi connectivity index (χ3n) is 3.10. The molecule has 2 amide bonds. The van der Waals surface area contributed by atoms with Crippen LogP contribution >= 0.6 is 11.6 Å². The van der Waals surface area contributed by atoms with Crippen molar-refractivity contribution >= 4 is 34.8 Å². The SMILES string of the molecule is CC(C)(C)NCCC(=O)Nc1cc2c(cc1Cl)NC(=O)C2. The topological polar surface area (TPSA) is 70.2 Å². The molecule has 2 rings (SSSR count). The Morgan fingerprint density at radius 3 is 2.76 bits per heavy atom. The van der Waals surface area contributed by atoms with E-state index in [0.717, 1.165) is 11.3 Å². The molecule has 0 saturated heterocycles. The standard InChI is InChI=1S/C15H20ClN3O2/c1-15(2,3)17-5-4-13(20)19-12-6-9-7-14(21)18-11(9)8-10(12)16/h6,8,17H,4-5,7H2,1-3H3,(H,18,21)(H,19,20). The second-order valence-electron chi connectivity index (χ2n) is 6.19. The first-order chi connectivity index (χ1) is 9.74. The number of benzene rings is 1. The highest BCUT2D eigenvalue weighted by atomic mass is 35.5. The van der Waals surface area contributed by atoms with Crippen molar-refractivity contribution in [3.63, 3.8) is 0 Å². The van der Waals surface area contributed by atoms with E-state index in [0.29, 0.717) is 30.1 Å². The van der Waals surface area contributed by atoms with Gasteiger partial charge in [-0.25, -0.2) is 0 Å². The summed E-state index contributed by atoms with van der Waals surface area (Å²) in [6.07, 6.45) is 0.683. The maximum absolute atomic E-state index is 11.9. The predicted molar refractivity (Wildman–Crippen MR) is 84.8 cm³/mol. The number of halogens is 1. The Balaban J connectivity index is 1.96. The van der Waals surface area contributed by atoms with Crippen molar-refractivity contribution in [2.24, 2.45) is 0 Å². The molecule has 1 aromatic carbocycles. The fraction of sp³-hybridized carbons (Fsp3) is 0.467. The maximum Gasteiger partial charge on any atom is 0.228 e. The molecular weight excluding hydrogens is 290 g/mol. The van der Waals surface area contributed by atoms with Crippen LogP contribution in [0.5, 0.6) is 0 Å². The van der Waals surface area contributed by atoms with Gasteiger partial charge in [0.25, 0.3) is 0 Å². The van der Waals surface area contributed by atoms with Crippen LogP contribution in [0, 0.1) is 0 Å². The minimum Gasteiger partial charge on any atom is -0.325 e. The molecule has 1 aliphatic heterocycles. The van der Waals surface area contributed by atoms with Crippen molar-refractivity contribution < 1.29 is 9.59 Å². The Morgan fingerprint density at radius 2 is 2.10 bits per heavy atom. The molecule has 3 N–H and O–H groups in total. The highest BCUT2D eigenvalue weighted by Gasteiger charge is 2.20. The quantitative estimate of drug-likeness (QED) is 0.800. The molecule has 0 spiro atoms. The Morgan fingerprint density at radius 1 is 1.38 bits per heavy atom. The summed E-state index contributed by atoms with van der Waals surface area (Å²) < 4.78 is 0. The molecule has 1 heterocycles. The summed E-state index contributed by atoms with van der Waals surface area (Å²) in [5.41, 5.74) is 2.11. The normalized spacial score (nSPS) is 13.8. The number of hydrogen-bond donors (Lipinski definition) is 3. The van der Waals surface area contributed by atoms with Gasteiger partial charge in [0.1, 0.15) is 0 Å². The number of hydrogen-bond acceptors (Lipinski definition) is 3. The maximum atomic E-state index is 11.9. The van der Waals surface area contributed by atoms with E-state index in [9.17, 15) is 9.59 Å². The van der Waals surface area contributed by atoms with Gasteiger partial charge in [-0.3, -0.25) is 9.59 Å². The average Bonchev–Trinajstić information content (AvgIpc) is 2.67. The molecule has 114 valence electrons. The molecule has 1 aromatic rings. The second-order valence-corrected chi connectivity index (χ2v) is 6.60. The predicted octanol–water partition coefficient (Wildman–Crippen LogP) is 2.55. The van der Waals surface area contributed by atoms with Gasteiger partial charge in [-0.1, -0.05) is 11.6 Å². The second kappa shape index (κ2) is 6.03. The van der Waals surface area contributed by atoms with E-state index in [4.69, 9.17) is 11.6 Å². The zero-order valence-corrected chi connectivity index (χ0v) is 13.2. The van der Waals surface area contributed by atoms with Crippen molar-refractivity contribution in [3.05, 3.63) is 22.7 Å². The Kier molecular flexibility index (Phi) is 4.54. The Bertz CT molecular complexity index is 579. The minimum absolute atomic E-state index is 0.0163. The van der Waals surface area contributed by atoms with Crippen LogP contribution in [0.3, 0.4) is 0 Å². The summed E-state index contributed by atoms with van der Waals surface area (Å²) in [5.74, 6) is -0.162. The lowest BCUT2D eigenvalue weighted by atomic mass is 10.1. The number of fused-ring (bicyclic) bond motifs is 1. The number of amides is 2. The van der Waals surface area contributed by atoms with Gasteiger partial charge in [0.2, 0.25) is 11.8 Å². The van der Waals surface area contributed by atoms with Crippen LogP contribution in [0.1, 0.15) is 32.8 Å². The van der Waals surface area contributed by atoms with Gasteiger partial charge in [0, 0.05) is 24.2 Å². The number of carbonyl (C=O) groups is 2. The summed E-state index contributed by atoms with van der Waals surface area (Å²) in [7, 11) is 0. The van der Waals surface area contributed by atoms with E-state index in [1.54, 1.807) is 12.1 Å². The van der Waals surface area contributed by atoms with Crippen molar-refractivity contribution in [1.29, 1.82) is 0 Å². The van der Waals surface area contributed by atoms with E-state index in [1.807, 2.05) is 20.8 Å². The first-order valence-electron chi connectivity index (χ1n) is 6.92. The Hall–Kier alpha value is -1.59. The molecule has 5 nitrogen and oxygen atoms in total. The first-order valence-corrected chi connectivity index (χ1v) is 7.29. The largest absolute Gasteiger partial charge is 0.325 e. The van der Waals surface area contributed by atoms with Gasteiger partial charge in [-0.2, -0.15) is 0 Å². The molecular formula is C15H20ClN3O2. The molecule has 0 fully saturated rings. The Labute approximate surface area is 129 Å². The van der Waals surface area contributed by atoms with Crippen LogP contribution in [0.2, 0.25) is 5.02 Å². The van der Waals surface area contributed by atoms with Crippen LogP contribution in [0.25, 0.3) is 0 Å². The van der Waals surface area contributed by atoms with E-state index < -0.39 is 0 Å². The zero-order chi connectivity index (χ0) is 15.6. The number of rotatable bonds is 4. The van der Waals surface area contributed by atoms with Gasteiger partial charge in [-0.05, 0) is 38.5 Å². The van der Waals surface area contributed by atoms with Gasteiger partial charge in [0.15, 0.2) is 0 Å². The molecule has 0 aliphatic carbocycles. The lowest BCUT2D eigenvalue weighted by molar-refractivity contribution is -0.116.